The van der Waals surface area contributed by atoms with Crippen LogP contribution in [-0.4, -0.2) is 35.4 Å². The Morgan fingerprint density at radius 2 is 2.31 bits per heavy atom. The van der Waals surface area contributed by atoms with Crippen LogP contribution in [0.3, 0.4) is 0 Å². The molecule has 0 N–H and O–H groups in total. The van der Waals surface area contributed by atoms with Gasteiger partial charge in [0.1, 0.15) is 6.04 Å². The minimum Gasteiger partial charge on any atom is -0.336 e. The van der Waals surface area contributed by atoms with E-state index in [2.05, 4.69) is 4.98 Å². The SMILES string of the molecule is CCn1cnc(S(=O)(=O)N(C)C(C)C#N)c1. The minimum atomic E-state index is -3.66. The summed E-state index contributed by atoms with van der Waals surface area (Å²) < 4.78 is 26.6. The molecule has 0 bridgehead atoms. The van der Waals surface area contributed by atoms with E-state index in [9.17, 15) is 8.42 Å². The summed E-state index contributed by atoms with van der Waals surface area (Å²) in [4.78, 5) is 3.82. The molecule has 0 saturated carbocycles. The van der Waals surface area contributed by atoms with E-state index in [1.54, 1.807) is 4.57 Å². The van der Waals surface area contributed by atoms with Crippen molar-refractivity contribution in [2.24, 2.45) is 0 Å². The van der Waals surface area contributed by atoms with Gasteiger partial charge in [0.2, 0.25) is 0 Å². The van der Waals surface area contributed by atoms with Gasteiger partial charge >= 0.3 is 0 Å². The van der Waals surface area contributed by atoms with Crippen LogP contribution in [0.4, 0.5) is 0 Å². The Balaban J connectivity index is 3.07. The molecule has 0 aliphatic carbocycles. The maximum absolute atomic E-state index is 12.0. The van der Waals surface area contributed by atoms with Crippen molar-refractivity contribution in [3.05, 3.63) is 12.5 Å². The van der Waals surface area contributed by atoms with Crippen molar-refractivity contribution in [1.29, 1.82) is 5.26 Å². The first-order valence-corrected chi connectivity index (χ1v) is 6.27. The number of hydrogen-bond donors (Lipinski definition) is 0. The summed E-state index contributed by atoms with van der Waals surface area (Å²) in [6.45, 7) is 4.06. The molecule has 6 nitrogen and oxygen atoms in total. The number of nitrogens with zero attached hydrogens (tertiary/aromatic N) is 4. The van der Waals surface area contributed by atoms with Crippen LogP contribution in [0.15, 0.2) is 17.6 Å². The number of nitriles is 1. The summed E-state index contributed by atoms with van der Waals surface area (Å²) in [5, 5.41) is 8.66. The minimum absolute atomic E-state index is 0.0288. The molecule has 0 radical (unpaired) electrons. The molecular weight excluding hydrogens is 228 g/mol. The van der Waals surface area contributed by atoms with Crippen LogP contribution in [-0.2, 0) is 16.6 Å². The highest BCUT2D eigenvalue weighted by Crippen LogP contribution is 2.13. The van der Waals surface area contributed by atoms with E-state index in [1.165, 1.54) is 26.5 Å². The average molecular weight is 242 g/mol. The van der Waals surface area contributed by atoms with Gasteiger partial charge in [-0.25, -0.2) is 13.4 Å². The van der Waals surface area contributed by atoms with Crippen LogP contribution in [0, 0.1) is 11.3 Å². The van der Waals surface area contributed by atoms with Crippen LogP contribution < -0.4 is 0 Å². The van der Waals surface area contributed by atoms with Crippen LogP contribution in [0.1, 0.15) is 13.8 Å². The predicted octanol–water partition coefficient (Wildman–Crippen LogP) is 0.436. The quantitative estimate of drug-likeness (QED) is 0.767. The van der Waals surface area contributed by atoms with Gasteiger partial charge in [-0.2, -0.15) is 9.57 Å². The molecule has 0 aliphatic rings. The molecule has 1 atom stereocenters. The van der Waals surface area contributed by atoms with E-state index in [1.807, 2.05) is 13.0 Å². The Hall–Kier alpha value is -1.39. The number of aryl methyl sites for hydroxylation is 1. The third-order valence-electron chi connectivity index (χ3n) is 2.35. The molecule has 1 aromatic heterocycles. The number of hydrogen-bond acceptors (Lipinski definition) is 4. The van der Waals surface area contributed by atoms with Crippen molar-refractivity contribution < 1.29 is 8.42 Å². The summed E-state index contributed by atoms with van der Waals surface area (Å²) in [5.74, 6) is 0. The van der Waals surface area contributed by atoms with Gasteiger partial charge in [0.25, 0.3) is 10.0 Å². The second-order valence-corrected chi connectivity index (χ2v) is 5.31. The fraction of sp³-hybridized carbons (Fsp3) is 0.556. The molecule has 1 rings (SSSR count). The molecule has 0 spiro atoms. The van der Waals surface area contributed by atoms with Crippen molar-refractivity contribution in [3.8, 4) is 6.07 Å². The molecule has 16 heavy (non-hydrogen) atoms. The van der Waals surface area contributed by atoms with Gasteiger partial charge in [-0.3, -0.25) is 0 Å². The van der Waals surface area contributed by atoms with Gasteiger partial charge in [0, 0.05) is 19.8 Å². The van der Waals surface area contributed by atoms with Crippen molar-refractivity contribution >= 4 is 10.0 Å². The van der Waals surface area contributed by atoms with Crippen molar-refractivity contribution in [2.75, 3.05) is 7.05 Å². The molecular formula is C9H14N4O2S. The van der Waals surface area contributed by atoms with Crippen molar-refractivity contribution in [2.45, 2.75) is 31.5 Å². The zero-order valence-corrected chi connectivity index (χ0v) is 10.3. The average Bonchev–Trinajstić information content (AvgIpc) is 2.75. The van der Waals surface area contributed by atoms with E-state index in [0.29, 0.717) is 6.54 Å². The molecule has 0 aromatic carbocycles. The highest BCUT2D eigenvalue weighted by molar-refractivity contribution is 7.89. The number of sulfonamides is 1. The second kappa shape index (κ2) is 4.63. The molecule has 88 valence electrons. The zero-order valence-electron chi connectivity index (χ0n) is 9.45. The van der Waals surface area contributed by atoms with Gasteiger partial charge in [-0.1, -0.05) is 0 Å². The lowest BCUT2D eigenvalue weighted by atomic mass is 10.4. The van der Waals surface area contributed by atoms with Crippen LogP contribution in [0.5, 0.6) is 0 Å². The predicted molar refractivity (Wildman–Crippen MR) is 57.9 cm³/mol. The van der Waals surface area contributed by atoms with Gasteiger partial charge < -0.3 is 4.57 Å². The first-order valence-electron chi connectivity index (χ1n) is 4.83. The Kier molecular flexibility index (Phi) is 3.67. The van der Waals surface area contributed by atoms with Gasteiger partial charge in [-0.15, -0.1) is 0 Å². The third kappa shape index (κ3) is 2.23. The monoisotopic (exact) mass is 242 g/mol. The Morgan fingerprint density at radius 3 is 2.75 bits per heavy atom. The summed E-state index contributed by atoms with van der Waals surface area (Å²) in [6.07, 6.45) is 2.91. The largest absolute Gasteiger partial charge is 0.336 e. The highest BCUT2D eigenvalue weighted by atomic mass is 32.2. The van der Waals surface area contributed by atoms with E-state index in [0.717, 1.165) is 4.31 Å². The van der Waals surface area contributed by atoms with E-state index in [-0.39, 0.29) is 5.03 Å². The fourth-order valence-electron chi connectivity index (χ4n) is 1.08. The molecule has 0 amide bonds. The number of imidazole rings is 1. The maximum atomic E-state index is 12.0. The Labute approximate surface area is 95.2 Å². The summed E-state index contributed by atoms with van der Waals surface area (Å²) in [7, 11) is -2.29. The number of rotatable bonds is 4. The fourth-order valence-corrected chi connectivity index (χ4v) is 2.29. The summed E-state index contributed by atoms with van der Waals surface area (Å²) >= 11 is 0. The van der Waals surface area contributed by atoms with Gasteiger partial charge in [0.05, 0.1) is 12.4 Å². The lowest BCUT2D eigenvalue weighted by Crippen LogP contribution is -2.34. The van der Waals surface area contributed by atoms with Crippen LogP contribution in [0.2, 0.25) is 0 Å². The lowest BCUT2D eigenvalue weighted by molar-refractivity contribution is 0.440. The lowest BCUT2D eigenvalue weighted by Gasteiger charge is -2.17. The summed E-state index contributed by atoms with van der Waals surface area (Å²) in [5.41, 5.74) is 0. The number of aromatic nitrogens is 2. The van der Waals surface area contributed by atoms with E-state index < -0.39 is 16.1 Å². The maximum Gasteiger partial charge on any atom is 0.263 e. The van der Waals surface area contributed by atoms with E-state index >= 15 is 0 Å². The molecule has 7 heteroatoms. The molecule has 1 aromatic rings. The Morgan fingerprint density at radius 1 is 1.69 bits per heavy atom. The normalized spacial score (nSPS) is 13.7. The van der Waals surface area contributed by atoms with Gasteiger partial charge in [0.15, 0.2) is 5.03 Å². The molecule has 1 heterocycles. The van der Waals surface area contributed by atoms with Crippen molar-refractivity contribution in [1.82, 2.24) is 13.9 Å². The molecule has 0 fully saturated rings. The third-order valence-corrected chi connectivity index (χ3v) is 4.16. The van der Waals surface area contributed by atoms with Crippen LogP contribution in [0.25, 0.3) is 0 Å². The highest BCUT2D eigenvalue weighted by Gasteiger charge is 2.27. The molecule has 1 unspecified atom stereocenters. The molecule has 0 saturated heterocycles. The standard InChI is InChI=1S/C9H14N4O2S/c1-4-13-6-9(11-7-13)16(14,15)12(3)8(2)5-10/h6-8H,4H2,1-3H3. The van der Waals surface area contributed by atoms with Gasteiger partial charge in [-0.05, 0) is 13.8 Å². The van der Waals surface area contributed by atoms with Crippen LogP contribution >= 0.6 is 0 Å². The topological polar surface area (TPSA) is 79.0 Å². The summed E-state index contributed by atoms with van der Waals surface area (Å²) in [6, 6.07) is 1.16. The first kappa shape index (κ1) is 12.7. The smallest absolute Gasteiger partial charge is 0.263 e. The second-order valence-electron chi connectivity index (χ2n) is 3.37. The van der Waals surface area contributed by atoms with Crippen molar-refractivity contribution in [3.63, 3.8) is 0 Å². The molecule has 0 aliphatic heterocycles. The first-order chi connectivity index (χ1) is 7.43. The zero-order chi connectivity index (χ0) is 12.3. The Bertz CT molecular complexity index is 500. The van der Waals surface area contributed by atoms with E-state index in [4.69, 9.17) is 5.26 Å².